The third-order valence-electron chi connectivity index (χ3n) is 2.91. The molecular formula is C15H33ClO3Si. The van der Waals surface area contributed by atoms with Crippen LogP contribution in [0.2, 0.25) is 0 Å². The van der Waals surface area contributed by atoms with E-state index in [1.54, 1.807) is 0 Å². The Morgan fingerprint density at radius 1 is 0.650 bits per heavy atom. The van der Waals surface area contributed by atoms with Crippen LogP contribution < -0.4 is 0 Å². The third-order valence-corrected chi connectivity index (χ3v) is 5.54. The normalized spacial score (nSPS) is 12.9. The molecule has 0 aliphatic carbocycles. The summed E-state index contributed by atoms with van der Waals surface area (Å²) in [6.45, 7) is 14.8. The van der Waals surface area contributed by atoms with Crippen LogP contribution >= 0.6 is 11.1 Å². The van der Waals surface area contributed by atoms with E-state index in [-0.39, 0.29) is 0 Å². The van der Waals surface area contributed by atoms with E-state index in [4.69, 9.17) is 24.4 Å². The summed E-state index contributed by atoms with van der Waals surface area (Å²) in [6, 6.07) is 0. The van der Waals surface area contributed by atoms with Crippen LogP contribution in [0, 0.1) is 17.8 Å². The van der Waals surface area contributed by atoms with Crippen LogP contribution in [0.5, 0.6) is 0 Å². The first-order valence-electron chi connectivity index (χ1n) is 7.86. The molecule has 0 rings (SSSR count). The molecule has 0 saturated carbocycles. The van der Waals surface area contributed by atoms with Crippen LogP contribution in [-0.2, 0) is 13.3 Å². The molecule has 0 fully saturated rings. The van der Waals surface area contributed by atoms with Gasteiger partial charge >= 0.3 is 8.11 Å². The lowest BCUT2D eigenvalue weighted by atomic mass is 10.2. The van der Waals surface area contributed by atoms with E-state index >= 15 is 0 Å². The molecule has 0 unspecified atom stereocenters. The first-order valence-corrected chi connectivity index (χ1v) is 10.6. The minimum Gasteiger partial charge on any atom is -0.362 e. The summed E-state index contributed by atoms with van der Waals surface area (Å²) in [5.41, 5.74) is 0. The number of hydrogen-bond acceptors (Lipinski definition) is 3. The molecule has 3 nitrogen and oxygen atoms in total. The summed E-state index contributed by atoms with van der Waals surface area (Å²) in [6.07, 6.45) is 2.92. The Balaban J connectivity index is 4.18. The van der Waals surface area contributed by atoms with Gasteiger partial charge in [-0.15, -0.1) is 0 Å². The van der Waals surface area contributed by atoms with E-state index in [9.17, 15) is 0 Å². The van der Waals surface area contributed by atoms with Gasteiger partial charge in [0, 0.05) is 19.8 Å². The zero-order valence-corrected chi connectivity index (χ0v) is 15.8. The van der Waals surface area contributed by atoms with Crippen LogP contribution in [0.1, 0.15) is 60.8 Å². The lowest BCUT2D eigenvalue weighted by molar-refractivity contribution is 0.0711. The van der Waals surface area contributed by atoms with E-state index in [1.807, 2.05) is 0 Å². The van der Waals surface area contributed by atoms with Crippen molar-refractivity contribution in [2.75, 3.05) is 19.8 Å². The van der Waals surface area contributed by atoms with Crippen LogP contribution in [0.25, 0.3) is 0 Å². The maximum absolute atomic E-state index is 6.46. The van der Waals surface area contributed by atoms with Gasteiger partial charge in [0.25, 0.3) is 0 Å². The second-order valence-electron chi connectivity index (χ2n) is 6.57. The highest BCUT2D eigenvalue weighted by Crippen LogP contribution is 2.19. The van der Waals surface area contributed by atoms with Crippen molar-refractivity contribution < 1.29 is 13.3 Å². The van der Waals surface area contributed by atoms with E-state index in [1.165, 1.54) is 0 Å². The van der Waals surface area contributed by atoms with E-state index < -0.39 is 8.11 Å². The van der Waals surface area contributed by atoms with Gasteiger partial charge in [-0.05, 0) is 37.0 Å². The van der Waals surface area contributed by atoms with Crippen molar-refractivity contribution in [2.45, 2.75) is 60.8 Å². The van der Waals surface area contributed by atoms with Crippen LogP contribution in [-0.4, -0.2) is 27.9 Å². The van der Waals surface area contributed by atoms with E-state index in [0.29, 0.717) is 37.6 Å². The second kappa shape index (κ2) is 11.0. The molecule has 0 aliphatic rings. The number of rotatable bonds is 12. The first kappa shape index (κ1) is 20.4. The van der Waals surface area contributed by atoms with Crippen molar-refractivity contribution in [1.82, 2.24) is 0 Å². The van der Waals surface area contributed by atoms with Gasteiger partial charge in [0.2, 0.25) is 0 Å². The third kappa shape index (κ3) is 12.2. The Hall–Kier alpha value is 0.387. The van der Waals surface area contributed by atoms with Crippen LogP contribution in [0.4, 0.5) is 0 Å². The van der Waals surface area contributed by atoms with E-state index in [0.717, 1.165) is 19.3 Å². The Labute approximate surface area is 131 Å². The summed E-state index contributed by atoms with van der Waals surface area (Å²) in [5.74, 6) is 1.78. The summed E-state index contributed by atoms with van der Waals surface area (Å²) < 4.78 is 17.3. The fraction of sp³-hybridized carbons (Fsp3) is 1.00. The van der Waals surface area contributed by atoms with Gasteiger partial charge in [-0.25, -0.2) is 0 Å². The summed E-state index contributed by atoms with van der Waals surface area (Å²) in [7, 11) is -2.98. The quantitative estimate of drug-likeness (QED) is 0.379. The molecule has 0 spiro atoms. The Kier molecular flexibility index (Phi) is 11.2. The molecule has 20 heavy (non-hydrogen) atoms. The van der Waals surface area contributed by atoms with Crippen molar-refractivity contribution in [3.05, 3.63) is 0 Å². The van der Waals surface area contributed by atoms with Crippen molar-refractivity contribution in [2.24, 2.45) is 17.8 Å². The molecule has 0 saturated heterocycles. The molecule has 0 N–H and O–H groups in total. The highest BCUT2D eigenvalue weighted by atomic mass is 35.6. The highest BCUT2D eigenvalue weighted by molar-refractivity contribution is 7.09. The standard InChI is InChI=1S/C15H33ClO3Si/c1-13(2)7-10-17-20(16,18-11-8-14(3)4)19-12-9-15(5)6/h13-15H,7-12H2,1-6H3. The van der Waals surface area contributed by atoms with Gasteiger partial charge in [-0.3, -0.25) is 0 Å². The van der Waals surface area contributed by atoms with Crippen molar-refractivity contribution in [3.63, 3.8) is 0 Å². The second-order valence-corrected chi connectivity index (χ2v) is 9.79. The fourth-order valence-electron chi connectivity index (χ4n) is 1.37. The number of hydrogen-bond donors (Lipinski definition) is 0. The van der Waals surface area contributed by atoms with Crippen molar-refractivity contribution >= 4 is 19.2 Å². The Morgan fingerprint density at radius 2 is 0.900 bits per heavy atom. The molecule has 0 aliphatic heterocycles. The lowest BCUT2D eigenvalue weighted by Crippen LogP contribution is -2.41. The zero-order valence-electron chi connectivity index (χ0n) is 14.1. The molecule has 0 atom stereocenters. The van der Waals surface area contributed by atoms with E-state index in [2.05, 4.69) is 41.5 Å². The van der Waals surface area contributed by atoms with Crippen molar-refractivity contribution in [3.8, 4) is 0 Å². The monoisotopic (exact) mass is 324 g/mol. The molecule has 0 radical (unpaired) electrons. The summed E-state index contributed by atoms with van der Waals surface area (Å²) >= 11 is 6.46. The Bertz CT molecular complexity index is 199. The van der Waals surface area contributed by atoms with Crippen molar-refractivity contribution in [1.29, 1.82) is 0 Å². The molecule has 0 heterocycles. The minimum absolute atomic E-state index is 0.594. The first-order chi connectivity index (χ1) is 9.25. The summed E-state index contributed by atoms with van der Waals surface area (Å²) in [5, 5.41) is 0. The topological polar surface area (TPSA) is 27.7 Å². The molecule has 0 amide bonds. The van der Waals surface area contributed by atoms with Crippen LogP contribution in [0.15, 0.2) is 0 Å². The fourth-order valence-corrected chi connectivity index (χ4v) is 3.40. The number of halogens is 1. The molecule has 122 valence electrons. The smallest absolute Gasteiger partial charge is 0.362 e. The molecule has 0 bridgehead atoms. The zero-order chi connectivity index (χ0) is 15.6. The van der Waals surface area contributed by atoms with Gasteiger partial charge in [0.15, 0.2) is 0 Å². The highest BCUT2D eigenvalue weighted by Gasteiger charge is 2.39. The average Bonchev–Trinajstić information content (AvgIpc) is 2.27. The van der Waals surface area contributed by atoms with Gasteiger partial charge in [0.05, 0.1) is 0 Å². The molecule has 5 heteroatoms. The largest absolute Gasteiger partial charge is 0.613 e. The SMILES string of the molecule is CC(C)CCO[Si](Cl)(OCCC(C)C)OCCC(C)C. The predicted molar refractivity (Wildman–Crippen MR) is 87.8 cm³/mol. The minimum atomic E-state index is -2.98. The predicted octanol–water partition coefficient (Wildman–Crippen LogP) is 4.85. The average molecular weight is 325 g/mol. The van der Waals surface area contributed by atoms with Gasteiger partial charge < -0.3 is 13.3 Å². The molecule has 0 aromatic rings. The van der Waals surface area contributed by atoms with Gasteiger partial charge in [-0.1, -0.05) is 52.6 Å². The maximum atomic E-state index is 6.46. The van der Waals surface area contributed by atoms with Crippen LogP contribution in [0.3, 0.4) is 0 Å². The van der Waals surface area contributed by atoms with Gasteiger partial charge in [0.1, 0.15) is 0 Å². The van der Waals surface area contributed by atoms with Gasteiger partial charge in [-0.2, -0.15) is 0 Å². The molecule has 0 aromatic heterocycles. The molecular weight excluding hydrogens is 292 g/mol. The lowest BCUT2D eigenvalue weighted by Gasteiger charge is -2.24. The Morgan fingerprint density at radius 3 is 1.10 bits per heavy atom. The summed E-state index contributed by atoms with van der Waals surface area (Å²) in [4.78, 5) is 0. The maximum Gasteiger partial charge on any atom is 0.613 e. The molecule has 0 aromatic carbocycles.